The van der Waals surface area contributed by atoms with Crippen LogP contribution in [0.4, 0.5) is 5.69 Å². The van der Waals surface area contributed by atoms with Crippen LogP contribution in [0.3, 0.4) is 0 Å². The number of hydrogen-bond donors (Lipinski definition) is 2. The maximum Gasteiger partial charge on any atom is 0.220 e. The van der Waals surface area contributed by atoms with Crippen molar-refractivity contribution in [1.29, 1.82) is 0 Å². The van der Waals surface area contributed by atoms with Crippen molar-refractivity contribution in [1.82, 2.24) is 9.78 Å². The molecule has 1 aromatic heterocycles. The predicted molar refractivity (Wildman–Crippen MR) is 92.3 cm³/mol. The van der Waals surface area contributed by atoms with Gasteiger partial charge in [-0.25, -0.2) is 4.99 Å². The molecule has 0 saturated heterocycles. The molecule has 2 heterocycles. The van der Waals surface area contributed by atoms with E-state index in [9.17, 15) is 0 Å². The number of benzene rings is 1. The van der Waals surface area contributed by atoms with Crippen molar-refractivity contribution < 1.29 is 0 Å². The van der Waals surface area contributed by atoms with Gasteiger partial charge in [0.25, 0.3) is 0 Å². The van der Waals surface area contributed by atoms with Gasteiger partial charge in [-0.15, -0.1) is 0 Å². The van der Waals surface area contributed by atoms with E-state index in [-0.39, 0.29) is 5.96 Å². The monoisotopic (exact) mass is 311 g/mol. The molecule has 1 spiro atoms. The quantitative estimate of drug-likeness (QED) is 0.837. The number of rotatable bonds is 1. The molecule has 120 valence electrons. The van der Waals surface area contributed by atoms with Crippen molar-refractivity contribution in [3.05, 3.63) is 24.4 Å². The van der Waals surface area contributed by atoms with Gasteiger partial charge in [-0.3, -0.25) is 9.58 Å². The van der Waals surface area contributed by atoms with Crippen LogP contribution in [0.1, 0.15) is 32.1 Å². The predicted octanol–water partition coefficient (Wildman–Crippen LogP) is 1.68. The Morgan fingerprint density at radius 3 is 2.70 bits per heavy atom. The highest BCUT2D eigenvalue weighted by Crippen LogP contribution is 2.41. The second-order valence-corrected chi connectivity index (χ2v) is 6.34. The van der Waals surface area contributed by atoms with Crippen molar-refractivity contribution in [2.75, 3.05) is 4.90 Å². The second kappa shape index (κ2) is 4.97. The minimum atomic E-state index is -0.431. The summed E-state index contributed by atoms with van der Waals surface area (Å²) in [6.07, 6.45) is 7.29. The van der Waals surface area contributed by atoms with Crippen molar-refractivity contribution in [2.24, 2.45) is 28.5 Å². The molecule has 0 radical (unpaired) electrons. The summed E-state index contributed by atoms with van der Waals surface area (Å²) in [4.78, 5) is 11.0. The van der Waals surface area contributed by atoms with Gasteiger partial charge >= 0.3 is 0 Å². The van der Waals surface area contributed by atoms with Gasteiger partial charge < -0.3 is 11.5 Å². The highest BCUT2D eigenvalue weighted by atomic mass is 15.4. The average molecular weight is 311 g/mol. The summed E-state index contributed by atoms with van der Waals surface area (Å²) in [6, 6.07) is 6.10. The fourth-order valence-corrected chi connectivity index (χ4v) is 3.80. The third-order valence-corrected chi connectivity index (χ3v) is 4.72. The highest BCUT2D eigenvalue weighted by molar-refractivity contribution is 6.09. The normalized spacial score (nSPS) is 20.7. The van der Waals surface area contributed by atoms with Gasteiger partial charge in [0, 0.05) is 18.6 Å². The second-order valence-electron chi connectivity index (χ2n) is 6.34. The first kappa shape index (κ1) is 14.0. The lowest BCUT2D eigenvalue weighted by Gasteiger charge is -2.45. The summed E-state index contributed by atoms with van der Waals surface area (Å²) in [5.41, 5.74) is 13.6. The summed E-state index contributed by atoms with van der Waals surface area (Å²) in [7, 11) is 1.92. The van der Waals surface area contributed by atoms with Crippen molar-refractivity contribution >= 4 is 28.5 Å². The Kier molecular flexibility index (Phi) is 3.04. The van der Waals surface area contributed by atoms with E-state index in [0.717, 1.165) is 42.3 Å². The molecular formula is C16H21N7. The van der Waals surface area contributed by atoms with E-state index < -0.39 is 5.66 Å². The number of aryl methyl sites for hydroxylation is 1. The Bertz CT molecular complexity index is 811. The van der Waals surface area contributed by atoms with E-state index in [0.29, 0.717) is 5.96 Å². The van der Waals surface area contributed by atoms with E-state index in [2.05, 4.69) is 10.1 Å². The van der Waals surface area contributed by atoms with Gasteiger partial charge in [-0.05, 0) is 31.7 Å². The maximum atomic E-state index is 6.29. The Morgan fingerprint density at radius 1 is 1.13 bits per heavy atom. The van der Waals surface area contributed by atoms with Gasteiger partial charge in [-0.1, -0.05) is 18.6 Å². The fourth-order valence-electron chi connectivity index (χ4n) is 3.80. The van der Waals surface area contributed by atoms with E-state index in [1.807, 2.05) is 41.0 Å². The summed E-state index contributed by atoms with van der Waals surface area (Å²) in [5, 5.41) is 5.68. The first-order valence-corrected chi connectivity index (χ1v) is 8.01. The average Bonchev–Trinajstić information content (AvgIpc) is 2.88. The van der Waals surface area contributed by atoms with Crippen LogP contribution in [0.5, 0.6) is 0 Å². The molecule has 7 heteroatoms. The molecule has 2 aromatic rings. The lowest BCUT2D eigenvalue weighted by atomic mass is 9.87. The first-order chi connectivity index (χ1) is 11.1. The molecule has 1 aromatic carbocycles. The van der Waals surface area contributed by atoms with Crippen LogP contribution < -0.4 is 16.4 Å². The summed E-state index contributed by atoms with van der Waals surface area (Å²) < 4.78 is 1.82. The highest BCUT2D eigenvalue weighted by Gasteiger charge is 2.43. The lowest BCUT2D eigenvalue weighted by Crippen LogP contribution is -2.58. The molecule has 4 N–H and O–H groups in total. The first-order valence-electron chi connectivity index (χ1n) is 8.01. The minimum absolute atomic E-state index is 0.272. The van der Waals surface area contributed by atoms with Gasteiger partial charge in [0.2, 0.25) is 11.9 Å². The number of anilines is 1. The Morgan fingerprint density at radius 2 is 1.91 bits per heavy atom. The standard InChI is InChI=1S/C16H21N7/c1-22-10-11-6-5-7-12(13(11)21-22)23-15(18)19-14(17)20-16(23)8-3-2-4-9-16/h5-7,10H,2-4,8-9H2,1H3,(H4,17,18,19,20). The number of aliphatic imine (C=N–C) groups is 2. The van der Waals surface area contributed by atoms with Gasteiger partial charge in [0.05, 0.1) is 5.69 Å². The topological polar surface area (TPSA) is 97.8 Å². The number of guanidine groups is 2. The number of aromatic nitrogens is 2. The molecule has 0 atom stereocenters. The Balaban J connectivity index is 1.91. The van der Waals surface area contributed by atoms with Crippen LogP contribution in [0, 0.1) is 0 Å². The molecule has 1 fully saturated rings. The van der Waals surface area contributed by atoms with Crippen LogP contribution in [-0.4, -0.2) is 27.4 Å². The SMILES string of the molecule is Cn1cc2cccc(N3C(N)=NC(N)=NC34CCCCC4)c2n1. The molecule has 1 saturated carbocycles. The third-order valence-electron chi connectivity index (χ3n) is 4.72. The molecule has 7 nitrogen and oxygen atoms in total. The van der Waals surface area contributed by atoms with Gasteiger partial charge in [-0.2, -0.15) is 10.1 Å². The number of nitrogens with zero attached hydrogens (tertiary/aromatic N) is 5. The van der Waals surface area contributed by atoms with E-state index in [4.69, 9.17) is 16.5 Å². The zero-order valence-electron chi connectivity index (χ0n) is 13.2. The van der Waals surface area contributed by atoms with E-state index in [1.165, 1.54) is 6.42 Å². The molecule has 23 heavy (non-hydrogen) atoms. The number of fused-ring (bicyclic) bond motifs is 1. The summed E-state index contributed by atoms with van der Waals surface area (Å²) in [6.45, 7) is 0. The smallest absolute Gasteiger partial charge is 0.220 e. The van der Waals surface area contributed by atoms with Crippen molar-refractivity contribution in [3.8, 4) is 0 Å². The zero-order valence-corrected chi connectivity index (χ0v) is 13.2. The molecule has 0 bridgehead atoms. The Labute approximate surface area is 134 Å². The molecule has 1 aliphatic heterocycles. The zero-order chi connectivity index (χ0) is 16.0. The van der Waals surface area contributed by atoms with Crippen LogP contribution in [0.15, 0.2) is 34.4 Å². The molecular weight excluding hydrogens is 290 g/mol. The number of nitrogens with two attached hydrogens (primary N) is 2. The van der Waals surface area contributed by atoms with Gasteiger partial charge in [0.1, 0.15) is 11.2 Å². The van der Waals surface area contributed by atoms with Crippen LogP contribution in [0.2, 0.25) is 0 Å². The summed E-state index contributed by atoms with van der Waals surface area (Å²) in [5.74, 6) is 0.673. The van der Waals surface area contributed by atoms with E-state index >= 15 is 0 Å². The van der Waals surface area contributed by atoms with Crippen molar-refractivity contribution in [2.45, 2.75) is 37.8 Å². The van der Waals surface area contributed by atoms with Crippen LogP contribution >= 0.6 is 0 Å². The maximum absolute atomic E-state index is 6.29. The molecule has 4 rings (SSSR count). The van der Waals surface area contributed by atoms with E-state index in [1.54, 1.807) is 0 Å². The molecule has 0 unspecified atom stereocenters. The van der Waals surface area contributed by atoms with Gasteiger partial charge in [0.15, 0.2) is 0 Å². The number of hydrogen-bond acceptors (Lipinski definition) is 6. The minimum Gasteiger partial charge on any atom is -0.369 e. The lowest BCUT2D eigenvalue weighted by molar-refractivity contribution is 0.306. The third kappa shape index (κ3) is 2.15. The van der Waals surface area contributed by atoms with Crippen molar-refractivity contribution in [3.63, 3.8) is 0 Å². The van der Waals surface area contributed by atoms with Crippen LogP contribution in [-0.2, 0) is 7.05 Å². The Hall–Kier alpha value is -2.57. The molecule has 0 amide bonds. The fraction of sp³-hybridized carbons (Fsp3) is 0.438. The van der Waals surface area contributed by atoms with Crippen LogP contribution in [0.25, 0.3) is 10.9 Å². The largest absolute Gasteiger partial charge is 0.369 e. The molecule has 1 aliphatic carbocycles. The summed E-state index contributed by atoms with van der Waals surface area (Å²) >= 11 is 0. The molecule has 2 aliphatic rings.